The highest BCUT2D eigenvalue weighted by Crippen LogP contribution is 2.17. The quantitative estimate of drug-likeness (QED) is 0.914. The van der Waals surface area contributed by atoms with E-state index in [4.69, 9.17) is 4.74 Å². The molecular weight excluding hydrogens is 238 g/mol. The molecule has 19 heavy (non-hydrogen) atoms. The third-order valence-corrected chi connectivity index (χ3v) is 2.48. The van der Waals surface area contributed by atoms with Gasteiger partial charge in [0.05, 0.1) is 6.20 Å². The standard InChI is InChI=1S/C15H19N3O/c1-15(2,3)18-10-12-6-7-14(17-9-12)19-13-5-4-8-16-11-13/h4-9,11,18H,10H2,1-3H3. The third-order valence-electron chi connectivity index (χ3n) is 2.48. The molecule has 1 N–H and O–H groups in total. The van der Waals surface area contributed by atoms with E-state index in [1.54, 1.807) is 12.4 Å². The Hall–Kier alpha value is -1.94. The molecule has 0 atom stereocenters. The van der Waals surface area contributed by atoms with Crippen molar-refractivity contribution in [2.45, 2.75) is 32.9 Å². The Morgan fingerprint density at radius 3 is 2.58 bits per heavy atom. The zero-order valence-corrected chi connectivity index (χ0v) is 11.6. The van der Waals surface area contributed by atoms with Gasteiger partial charge in [-0.2, -0.15) is 0 Å². The second kappa shape index (κ2) is 5.80. The maximum atomic E-state index is 5.58. The molecule has 2 aromatic rings. The smallest absolute Gasteiger partial charge is 0.219 e. The van der Waals surface area contributed by atoms with Gasteiger partial charge in [-0.25, -0.2) is 4.98 Å². The van der Waals surface area contributed by atoms with Crippen LogP contribution >= 0.6 is 0 Å². The second-order valence-corrected chi connectivity index (χ2v) is 5.40. The fourth-order valence-electron chi connectivity index (χ4n) is 1.47. The van der Waals surface area contributed by atoms with Crippen molar-refractivity contribution in [1.82, 2.24) is 15.3 Å². The van der Waals surface area contributed by atoms with Crippen LogP contribution in [0, 0.1) is 0 Å². The highest BCUT2D eigenvalue weighted by molar-refractivity contribution is 5.25. The van der Waals surface area contributed by atoms with Crippen molar-refractivity contribution in [3.63, 3.8) is 0 Å². The summed E-state index contributed by atoms with van der Waals surface area (Å²) in [7, 11) is 0. The summed E-state index contributed by atoms with van der Waals surface area (Å²) in [6.45, 7) is 7.21. The number of pyridine rings is 2. The van der Waals surface area contributed by atoms with E-state index in [0.29, 0.717) is 11.6 Å². The van der Waals surface area contributed by atoms with Gasteiger partial charge in [0.25, 0.3) is 0 Å². The molecule has 2 aromatic heterocycles. The van der Waals surface area contributed by atoms with E-state index in [9.17, 15) is 0 Å². The van der Waals surface area contributed by atoms with Crippen LogP contribution < -0.4 is 10.1 Å². The van der Waals surface area contributed by atoms with E-state index in [1.807, 2.05) is 30.5 Å². The maximum Gasteiger partial charge on any atom is 0.219 e. The van der Waals surface area contributed by atoms with E-state index < -0.39 is 0 Å². The maximum absolute atomic E-state index is 5.58. The van der Waals surface area contributed by atoms with E-state index >= 15 is 0 Å². The molecular formula is C15H19N3O. The molecule has 0 aromatic carbocycles. The monoisotopic (exact) mass is 257 g/mol. The highest BCUT2D eigenvalue weighted by Gasteiger charge is 2.08. The van der Waals surface area contributed by atoms with Gasteiger partial charge >= 0.3 is 0 Å². The number of ether oxygens (including phenoxy) is 1. The van der Waals surface area contributed by atoms with Crippen LogP contribution in [-0.2, 0) is 6.54 Å². The number of rotatable bonds is 4. The van der Waals surface area contributed by atoms with Crippen molar-refractivity contribution in [3.05, 3.63) is 48.4 Å². The van der Waals surface area contributed by atoms with Crippen molar-refractivity contribution in [2.75, 3.05) is 0 Å². The fraction of sp³-hybridized carbons (Fsp3) is 0.333. The molecule has 0 saturated heterocycles. The summed E-state index contributed by atoms with van der Waals surface area (Å²) in [5.74, 6) is 1.27. The van der Waals surface area contributed by atoms with Crippen LogP contribution in [-0.4, -0.2) is 15.5 Å². The summed E-state index contributed by atoms with van der Waals surface area (Å²) in [5, 5.41) is 3.42. The van der Waals surface area contributed by atoms with Crippen molar-refractivity contribution >= 4 is 0 Å². The Morgan fingerprint density at radius 2 is 2.00 bits per heavy atom. The first-order chi connectivity index (χ1) is 9.03. The minimum atomic E-state index is 0.102. The van der Waals surface area contributed by atoms with Crippen LogP contribution in [0.5, 0.6) is 11.6 Å². The Kier molecular flexibility index (Phi) is 4.12. The van der Waals surface area contributed by atoms with E-state index in [0.717, 1.165) is 12.1 Å². The van der Waals surface area contributed by atoms with Gasteiger partial charge < -0.3 is 10.1 Å². The van der Waals surface area contributed by atoms with Crippen molar-refractivity contribution in [1.29, 1.82) is 0 Å². The number of nitrogens with zero attached hydrogens (tertiary/aromatic N) is 2. The van der Waals surface area contributed by atoms with Gasteiger partial charge in [0.1, 0.15) is 5.75 Å². The molecule has 0 saturated carbocycles. The van der Waals surface area contributed by atoms with Gasteiger partial charge in [-0.05, 0) is 38.5 Å². The van der Waals surface area contributed by atoms with Crippen LogP contribution in [0.2, 0.25) is 0 Å². The van der Waals surface area contributed by atoms with Crippen LogP contribution in [0.25, 0.3) is 0 Å². The largest absolute Gasteiger partial charge is 0.437 e. The Balaban J connectivity index is 1.95. The SMILES string of the molecule is CC(C)(C)NCc1ccc(Oc2cccnc2)nc1. The van der Waals surface area contributed by atoms with Crippen LogP contribution in [0.1, 0.15) is 26.3 Å². The molecule has 0 unspecified atom stereocenters. The second-order valence-electron chi connectivity index (χ2n) is 5.40. The molecule has 0 aliphatic carbocycles. The van der Waals surface area contributed by atoms with Crippen LogP contribution in [0.4, 0.5) is 0 Å². The molecule has 0 fully saturated rings. The molecule has 4 heteroatoms. The van der Waals surface area contributed by atoms with E-state index in [2.05, 4.69) is 36.1 Å². The molecule has 4 nitrogen and oxygen atoms in total. The Labute approximate surface area is 113 Å². The topological polar surface area (TPSA) is 47.0 Å². The first-order valence-electron chi connectivity index (χ1n) is 6.31. The summed E-state index contributed by atoms with van der Waals surface area (Å²) in [5.41, 5.74) is 1.23. The first kappa shape index (κ1) is 13.5. The normalized spacial score (nSPS) is 11.3. The number of hydrogen-bond donors (Lipinski definition) is 1. The summed E-state index contributed by atoms with van der Waals surface area (Å²) >= 11 is 0. The predicted molar refractivity (Wildman–Crippen MR) is 75.1 cm³/mol. The predicted octanol–water partition coefficient (Wildman–Crippen LogP) is 3.16. The zero-order valence-electron chi connectivity index (χ0n) is 11.6. The molecule has 100 valence electrons. The molecule has 0 aliphatic rings. The average Bonchev–Trinajstić information content (AvgIpc) is 2.38. The lowest BCUT2D eigenvalue weighted by atomic mass is 10.1. The number of hydrogen-bond acceptors (Lipinski definition) is 4. The van der Waals surface area contributed by atoms with Crippen LogP contribution in [0.3, 0.4) is 0 Å². The number of nitrogens with one attached hydrogen (secondary N) is 1. The minimum absolute atomic E-state index is 0.102. The Bertz CT molecular complexity index is 503. The van der Waals surface area contributed by atoms with Gasteiger partial charge in [0.2, 0.25) is 5.88 Å². The summed E-state index contributed by atoms with van der Waals surface area (Å²) < 4.78 is 5.58. The fourth-order valence-corrected chi connectivity index (χ4v) is 1.47. The summed E-state index contributed by atoms with van der Waals surface area (Å²) in [6.07, 6.45) is 5.20. The molecule has 0 amide bonds. The lowest BCUT2D eigenvalue weighted by molar-refractivity contribution is 0.423. The molecule has 0 bridgehead atoms. The summed E-state index contributed by atoms with van der Waals surface area (Å²) in [6, 6.07) is 7.56. The van der Waals surface area contributed by atoms with Gasteiger partial charge in [0, 0.05) is 30.5 Å². The van der Waals surface area contributed by atoms with Gasteiger partial charge in [-0.3, -0.25) is 4.98 Å². The number of aromatic nitrogens is 2. The molecule has 0 spiro atoms. The van der Waals surface area contributed by atoms with E-state index in [-0.39, 0.29) is 5.54 Å². The summed E-state index contributed by atoms with van der Waals surface area (Å²) in [4.78, 5) is 8.28. The molecule has 2 heterocycles. The van der Waals surface area contributed by atoms with Crippen molar-refractivity contribution in [2.24, 2.45) is 0 Å². The molecule has 2 rings (SSSR count). The van der Waals surface area contributed by atoms with Gasteiger partial charge in [-0.1, -0.05) is 6.07 Å². The Morgan fingerprint density at radius 1 is 1.16 bits per heavy atom. The van der Waals surface area contributed by atoms with E-state index in [1.165, 1.54) is 0 Å². The average molecular weight is 257 g/mol. The minimum Gasteiger partial charge on any atom is -0.437 e. The highest BCUT2D eigenvalue weighted by atomic mass is 16.5. The first-order valence-corrected chi connectivity index (χ1v) is 6.31. The zero-order chi connectivity index (χ0) is 13.7. The van der Waals surface area contributed by atoms with Gasteiger partial charge in [0.15, 0.2) is 0 Å². The lowest BCUT2D eigenvalue weighted by Crippen LogP contribution is -2.35. The molecule has 0 aliphatic heterocycles. The molecule has 0 radical (unpaired) electrons. The van der Waals surface area contributed by atoms with Gasteiger partial charge in [-0.15, -0.1) is 0 Å². The lowest BCUT2D eigenvalue weighted by Gasteiger charge is -2.20. The van der Waals surface area contributed by atoms with Crippen molar-refractivity contribution in [3.8, 4) is 11.6 Å². The van der Waals surface area contributed by atoms with Crippen LogP contribution in [0.15, 0.2) is 42.9 Å². The van der Waals surface area contributed by atoms with Crippen molar-refractivity contribution < 1.29 is 4.74 Å². The third kappa shape index (κ3) is 4.67.